The van der Waals surface area contributed by atoms with Gasteiger partial charge in [-0.15, -0.1) is 11.3 Å². The van der Waals surface area contributed by atoms with Crippen molar-refractivity contribution in [3.63, 3.8) is 0 Å². The van der Waals surface area contributed by atoms with Gasteiger partial charge < -0.3 is 4.52 Å². The van der Waals surface area contributed by atoms with E-state index in [0.29, 0.717) is 5.82 Å². The molecule has 0 spiro atoms. The Morgan fingerprint density at radius 2 is 1.87 bits per heavy atom. The molecular formula is C20H17FN4O3S2. The number of aromatic nitrogens is 3. The molecule has 2 aromatic heterocycles. The lowest BCUT2D eigenvalue weighted by Crippen LogP contribution is -2.23. The first-order valence-corrected chi connectivity index (χ1v) is 11.4. The summed E-state index contributed by atoms with van der Waals surface area (Å²) in [5.74, 6) is -0.0527. The molecule has 4 rings (SSSR count). The molecule has 0 bridgehead atoms. The Kier molecular flexibility index (Phi) is 5.71. The molecule has 7 nitrogen and oxygen atoms in total. The average molecular weight is 445 g/mol. The fourth-order valence-electron chi connectivity index (χ4n) is 2.72. The number of benzene rings is 2. The van der Waals surface area contributed by atoms with Crippen molar-refractivity contribution in [3.05, 3.63) is 70.6 Å². The lowest BCUT2D eigenvalue weighted by atomic mass is 10.1. The second-order valence-corrected chi connectivity index (χ2v) is 9.06. The van der Waals surface area contributed by atoms with Gasteiger partial charge in [0, 0.05) is 16.5 Å². The van der Waals surface area contributed by atoms with Crippen LogP contribution in [0.4, 0.5) is 4.39 Å². The van der Waals surface area contributed by atoms with Gasteiger partial charge in [-0.3, -0.25) is 0 Å². The highest BCUT2D eigenvalue weighted by Crippen LogP contribution is 2.26. The number of rotatable bonds is 7. The highest BCUT2D eigenvalue weighted by molar-refractivity contribution is 7.89. The molecule has 0 saturated carbocycles. The molecule has 0 unspecified atom stereocenters. The van der Waals surface area contributed by atoms with Crippen LogP contribution in [-0.2, 0) is 23.0 Å². The molecule has 0 fully saturated rings. The molecule has 0 aliphatic heterocycles. The maximum Gasteiger partial charge on any atom is 0.242 e. The van der Waals surface area contributed by atoms with E-state index in [1.54, 1.807) is 11.3 Å². The first-order chi connectivity index (χ1) is 14.4. The topological polar surface area (TPSA) is 98.0 Å². The molecule has 2 aromatic carbocycles. The Hall–Kier alpha value is -2.95. The van der Waals surface area contributed by atoms with E-state index < -0.39 is 15.8 Å². The van der Waals surface area contributed by atoms with Crippen LogP contribution < -0.4 is 4.72 Å². The van der Waals surface area contributed by atoms with Crippen LogP contribution in [0.25, 0.3) is 22.6 Å². The van der Waals surface area contributed by atoms with Crippen LogP contribution in [0, 0.1) is 5.82 Å². The summed E-state index contributed by atoms with van der Waals surface area (Å²) < 4.78 is 45.1. The molecule has 30 heavy (non-hydrogen) atoms. The van der Waals surface area contributed by atoms with Crippen LogP contribution >= 0.6 is 11.3 Å². The number of sulfonamides is 1. The smallest absolute Gasteiger partial charge is 0.242 e. The number of aryl methyl sites for hydroxylation is 1. The van der Waals surface area contributed by atoms with Crippen LogP contribution in [0.3, 0.4) is 0 Å². The van der Waals surface area contributed by atoms with Crippen molar-refractivity contribution in [1.82, 2.24) is 19.8 Å². The van der Waals surface area contributed by atoms with Gasteiger partial charge in [0.25, 0.3) is 0 Å². The SMILES string of the molecule is CCc1nc(-c2cccc(-c3noc(CNS(=O)(=O)c4ccc(F)cc4)n3)c2)cs1. The van der Waals surface area contributed by atoms with Crippen molar-refractivity contribution in [2.24, 2.45) is 0 Å². The molecule has 2 heterocycles. The molecule has 0 aliphatic carbocycles. The third-order valence-electron chi connectivity index (χ3n) is 4.28. The van der Waals surface area contributed by atoms with Gasteiger partial charge in [0.05, 0.1) is 22.1 Å². The monoisotopic (exact) mass is 444 g/mol. The Morgan fingerprint density at radius 3 is 2.60 bits per heavy atom. The van der Waals surface area contributed by atoms with Crippen LogP contribution in [0.2, 0.25) is 0 Å². The first-order valence-electron chi connectivity index (χ1n) is 9.07. The predicted molar refractivity (Wildman–Crippen MR) is 111 cm³/mol. The van der Waals surface area contributed by atoms with E-state index in [-0.39, 0.29) is 17.3 Å². The molecule has 1 N–H and O–H groups in total. The summed E-state index contributed by atoms with van der Waals surface area (Å²) in [6, 6.07) is 12.1. The van der Waals surface area contributed by atoms with Gasteiger partial charge in [0.1, 0.15) is 5.82 Å². The highest BCUT2D eigenvalue weighted by Gasteiger charge is 2.17. The van der Waals surface area contributed by atoms with E-state index in [0.717, 1.165) is 40.4 Å². The number of nitrogens with zero attached hydrogens (tertiary/aromatic N) is 3. The Morgan fingerprint density at radius 1 is 1.10 bits per heavy atom. The minimum atomic E-state index is -3.83. The van der Waals surface area contributed by atoms with E-state index in [1.807, 2.05) is 29.6 Å². The molecular weight excluding hydrogens is 427 g/mol. The summed E-state index contributed by atoms with van der Waals surface area (Å²) in [5, 5.41) is 7.00. The van der Waals surface area contributed by atoms with Gasteiger partial charge in [0.2, 0.25) is 21.7 Å². The number of halogens is 1. The molecule has 0 amide bonds. The van der Waals surface area contributed by atoms with E-state index in [1.165, 1.54) is 12.1 Å². The zero-order chi connectivity index (χ0) is 21.1. The van der Waals surface area contributed by atoms with Crippen molar-refractivity contribution in [2.75, 3.05) is 0 Å². The first kappa shape index (κ1) is 20.3. The minimum absolute atomic E-state index is 0.0500. The fraction of sp³-hybridized carbons (Fsp3) is 0.150. The van der Waals surface area contributed by atoms with Gasteiger partial charge >= 0.3 is 0 Å². The standard InChI is InChI=1S/C20H17FN4O3S2/c1-2-19-23-17(12-29-19)13-4-3-5-14(10-13)20-24-18(28-25-20)11-22-30(26,27)16-8-6-15(21)7-9-16/h3-10,12,22H,2,11H2,1H3. The van der Waals surface area contributed by atoms with Crippen molar-refractivity contribution >= 4 is 21.4 Å². The quantitative estimate of drug-likeness (QED) is 0.462. The molecule has 0 atom stereocenters. The summed E-state index contributed by atoms with van der Waals surface area (Å²) in [5.41, 5.74) is 2.55. The van der Waals surface area contributed by atoms with Gasteiger partial charge in [0.15, 0.2) is 0 Å². The van der Waals surface area contributed by atoms with Crippen LogP contribution in [0.5, 0.6) is 0 Å². The maximum absolute atomic E-state index is 13.0. The van der Waals surface area contributed by atoms with E-state index in [2.05, 4.69) is 26.8 Å². The highest BCUT2D eigenvalue weighted by atomic mass is 32.2. The van der Waals surface area contributed by atoms with E-state index in [4.69, 9.17) is 4.52 Å². The second-order valence-electron chi connectivity index (χ2n) is 6.35. The Labute approximate surface area is 176 Å². The zero-order valence-corrected chi connectivity index (χ0v) is 17.5. The molecule has 0 radical (unpaired) electrons. The van der Waals surface area contributed by atoms with Gasteiger partial charge in [-0.05, 0) is 36.8 Å². The van der Waals surface area contributed by atoms with Crippen molar-refractivity contribution < 1.29 is 17.3 Å². The number of nitrogens with one attached hydrogen (secondary N) is 1. The predicted octanol–water partition coefficient (Wildman–Crippen LogP) is 4.04. The van der Waals surface area contributed by atoms with Gasteiger partial charge in [-0.1, -0.05) is 30.3 Å². The summed E-state index contributed by atoms with van der Waals surface area (Å²) in [6.07, 6.45) is 0.881. The van der Waals surface area contributed by atoms with E-state index >= 15 is 0 Å². The number of thiazole rings is 1. The lowest BCUT2D eigenvalue weighted by molar-refractivity contribution is 0.376. The molecule has 0 aliphatic rings. The van der Waals surface area contributed by atoms with Crippen LogP contribution in [0.15, 0.2) is 63.3 Å². The number of hydrogen-bond acceptors (Lipinski definition) is 7. The zero-order valence-electron chi connectivity index (χ0n) is 15.9. The summed E-state index contributed by atoms with van der Waals surface area (Å²) >= 11 is 1.61. The largest absolute Gasteiger partial charge is 0.338 e. The normalized spacial score (nSPS) is 11.7. The van der Waals surface area contributed by atoms with Gasteiger partial charge in [-0.25, -0.2) is 22.5 Å². The lowest BCUT2D eigenvalue weighted by Gasteiger charge is -2.04. The Bertz CT molecular complexity index is 1270. The van der Waals surface area contributed by atoms with E-state index in [9.17, 15) is 12.8 Å². The molecule has 0 saturated heterocycles. The fourth-order valence-corrected chi connectivity index (χ4v) is 4.45. The minimum Gasteiger partial charge on any atom is -0.338 e. The molecule has 4 aromatic rings. The molecule has 154 valence electrons. The van der Waals surface area contributed by atoms with Gasteiger partial charge in [-0.2, -0.15) is 4.98 Å². The van der Waals surface area contributed by atoms with Crippen molar-refractivity contribution in [2.45, 2.75) is 24.8 Å². The summed E-state index contributed by atoms with van der Waals surface area (Å²) in [4.78, 5) is 8.80. The second kappa shape index (κ2) is 8.42. The third-order valence-corrected chi connectivity index (χ3v) is 6.69. The Balaban J connectivity index is 1.49. The van der Waals surface area contributed by atoms with Crippen LogP contribution in [-0.4, -0.2) is 23.5 Å². The van der Waals surface area contributed by atoms with Crippen molar-refractivity contribution in [3.8, 4) is 22.6 Å². The van der Waals surface area contributed by atoms with Crippen LogP contribution in [0.1, 0.15) is 17.8 Å². The average Bonchev–Trinajstić information content (AvgIpc) is 3.43. The molecule has 10 heteroatoms. The maximum atomic E-state index is 13.0. The summed E-state index contributed by atoms with van der Waals surface area (Å²) in [6.45, 7) is 1.88. The van der Waals surface area contributed by atoms with Crippen molar-refractivity contribution in [1.29, 1.82) is 0 Å². The number of hydrogen-bond donors (Lipinski definition) is 1. The third kappa shape index (κ3) is 4.45. The summed E-state index contributed by atoms with van der Waals surface area (Å²) in [7, 11) is -3.83.